The number of nitrogens with two attached hydrogens (primary N) is 1. The Labute approximate surface area is 255 Å². The van der Waals surface area contributed by atoms with Crippen molar-refractivity contribution in [3.8, 4) is 0 Å². The van der Waals surface area contributed by atoms with Crippen molar-refractivity contribution in [3.63, 3.8) is 0 Å². The lowest BCUT2D eigenvalue weighted by Gasteiger charge is -2.26. The van der Waals surface area contributed by atoms with Crippen LogP contribution in [0.5, 0.6) is 0 Å². The number of carbonyl (C=O) groups excluding carboxylic acids is 1. The molecule has 2 heterocycles. The number of aryl methyl sites for hydroxylation is 2. The van der Waals surface area contributed by atoms with Crippen LogP contribution in [0.3, 0.4) is 0 Å². The van der Waals surface area contributed by atoms with Gasteiger partial charge in [0.1, 0.15) is 5.82 Å². The van der Waals surface area contributed by atoms with Gasteiger partial charge < -0.3 is 20.7 Å². The molecule has 0 bridgehead atoms. The molecule has 0 spiro atoms. The Morgan fingerprint density at radius 2 is 1.57 bits per heavy atom. The van der Waals surface area contributed by atoms with Gasteiger partial charge in [0, 0.05) is 47.5 Å². The molecule has 1 aliphatic rings. The molecule has 5 N–H and O–H groups in total. The normalized spacial score (nSPS) is 14.2. The summed E-state index contributed by atoms with van der Waals surface area (Å²) in [6.07, 6.45) is 1.61. The second-order valence-corrected chi connectivity index (χ2v) is 13.5. The summed E-state index contributed by atoms with van der Waals surface area (Å²) in [7, 11) is -7.63. The quantitative estimate of drug-likeness (QED) is 0.212. The van der Waals surface area contributed by atoms with Gasteiger partial charge in [-0.15, -0.1) is 0 Å². The van der Waals surface area contributed by atoms with E-state index in [9.17, 15) is 21.6 Å². The highest BCUT2D eigenvalue weighted by Crippen LogP contribution is 2.26. The summed E-state index contributed by atoms with van der Waals surface area (Å²) in [5.41, 5.74) is 2.84. The minimum atomic E-state index is -3.95. The third kappa shape index (κ3) is 7.20. The molecule has 13 nitrogen and oxygen atoms in total. The fraction of sp³-hybridized carbons (Fsp3) is 0.207. The maximum atomic E-state index is 13.1. The molecule has 0 saturated carbocycles. The van der Waals surface area contributed by atoms with Gasteiger partial charge in [0.05, 0.1) is 23.0 Å². The number of hydrogen-bond acceptors (Lipinski definition) is 10. The molecular formula is C29H31N7O6S2. The highest BCUT2D eigenvalue weighted by atomic mass is 32.2. The number of rotatable bonds is 9. The lowest BCUT2D eigenvalue weighted by atomic mass is 10.1. The van der Waals surface area contributed by atoms with Gasteiger partial charge in [0.15, 0.2) is 0 Å². The molecule has 230 valence electrons. The molecule has 0 radical (unpaired) electrons. The van der Waals surface area contributed by atoms with Crippen LogP contribution in [0.4, 0.5) is 28.8 Å². The van der Waals surface area contributed by atoms with Crippen molar-refractivity contribution in [2.75, 3.05) is 42.3 Å². The Bertz CT molecular complexity index is 1930. The number of hydrogen-bond donors (Lipinski definition) is 4. The molecule has 3 aromatic carbocycles. The first-order chi connectivity index (χ1) is 20.9. The van der Waals surface area contributed by atoms with Crippen molar-refractivity contribution in [2.24, 2.45) is 5.14 Å². The third-order valence-corrected chi connectivity index (χ3v) is 9.76. The molecule has 1 aromatic heterocycles. The van der Waals surface area contributed by atoms with Crippen LogP contribution in [0.2, 0.25) is 0 Å². The van der Waals surface area contributed by atoms with Crippen molar-refractivity contribution in [3.05, 3.63) is 89.6 Å². The van der Waals surface area contributed by atoms with Crippen LogP contribution in [0, 0.1) is 13.8 Å². The number of sulfonamides is 2. The zero-order valence-electron chi connectivity index (χ0n) is 23.9. The van der Waals surface area contributed by atoms with E-state index >= 15 is 0 Å². The van der Waals surface area contributed by atoms with Gasteiger partial charge in [-0.1, -0.05) is 18.2 Å². The van der Waals surface area contributed by atoms with Crippen molar-refractivity contribution < 1.29 is 26.4 Å². The SMILES string of the molecule is Cc1ccc(NC(=O)c2cccc(Nc3ncc(C)c(Nc4cccc(S(=O)(=O)N5CCOCC5)c4)n3)c2)cc1S(N)(=O)=O. The largest absolute Gasteiger partial charge is 0.379 e. The monoisotopic (exact) mass is 637 g/mol. The topological polar surface area (TPSA) is 186 Å². The second kappa shape index (κ2) is 12.7. The van der Waals surface area contributed by atoms with E-state index in [2.05, 4.69) is 25.9 Å². The number of aromatic nitrogens is 2. The predicted molar refractivity (Wildman–Crippen MR) is 166 cm³/mol. The highest BCUT2D eigenvalue weighted by Gasteiger charge is 2.26. The van der Waals surface area contributed by atoms with E-state index in [0.29, 0.717) is 54.6 Å². The number of nitrogens with zero attached hydrogens (tertiary/aromatic N) is 3. The molecule has 0 aliphatic carbocycles. The Morgan fingerprint density at radius 1 is 0.864 bits per heavy atom. The van der Waals surface area contributed by atoms with Crippen molar-refractivity contribution in [1.82, 2.24) is 14.3 Å². The number of anilines is 5. The van der Waals surface area contributed by atoms with Crippen LogP contribution in [-0.4, -0.2) is 63.3 Å². The number of carbonyl (C=O) groups is 1. The van der Waals surface area contributed by atoms with Gasteiger partial charge in [0.2, 0.25) is 26.0 Å². The number of nitrogens with one attached hydrogen (secondary N) is 3. The van der Waals surface area contributed by atoms with Crippen LogP contribution in [0.15, 0.2) is 82.7 Å². The fourth-order valence-corrected chi connectivity index (χ4v) is 6.75. The first-order valence-corrected chi connectivity index (χ1v) is 16.5. The van der Waals surface area contributed by atoms with E-state index in [1.165, 1.54) is 10.4 Å². The number of amides is 1. The second-order valence-electron chi connectivity index (χ2n) is 10.1. The molecule has 1 amide bonds. The molecule has 1 fully saturated rings. The van der Waals surface area contributed by atoms with Crippen LogP contribution in [-0.2, 0) is 24.8 Å². The van der Waals surface area contributed by atoms with E-state index in [0.717, 1.165) is 5.56 Å². The van der Waals surface area contributed by atoms with E-state index in [-0.39, 0.29) is 21.4 Å². The molecule has 1 saturated heterocycles. The summed E-state index contributed by atoms with van der Waals surface area (Å²) in [4.78, 5) is 21.9. The smallest absolute Gasteiger partial charge is 0.255 e. The number of benzene rings is 3. The summed E-state index contributed by atoms with van der Waals surface area (Å²) < 4.78 is 56.6. The molecule has 0 atom stereocenters. The predicted octanol–water partition coefficient (Wildman–Crippen LogP) is 3.50. The first kappa shape index (κ1) is 31.0. The van der Waals surface area contributed by atoms with Crippen molar-refractivity contribution in [1.29, 1.82) is 0 Å². The van der Waals surface area contributed by atoms with Gasteiger partial charge in [-0.3, -0.25) is 4.79 Å². The highest BCUT2D eigenvalue weighted by molar-refractivity contribution is 7.89. The van der Waals surface area contributed by atoms with E-state index in [1.54, 1.807) is 73.8 Å². The summed E-state index contributed by atoms with van der Waals surface area (Å²) in [6, 6.07) is 17.6. The molecule has 44 heavy (non-hydrogen) atoms. The van der Waals surface area contributed by atoms with Gasteiger partial charge in [-0.25, -0.2) is 27.0 Å². The lowest BCUT2D eigenvalue weighted by Crippen LogP contribution is -2.40. The molecule has 4 aromatic rings. The van der Waals surface area contributed by atoms with Crippen molar-refractivity contribution >= 4 is 54.8 Å². The summed E-state index contributed by atoms with van der Waals surface area (Å²) >= 11 is 0. The average Bonchev–Trinajstić information content (AvgIpc) is 3.00. The Kier molecular flexibility index (Phi) is 8.94. The van der Waals surface area contributed by atoms with Crippen LogP contribution in [0.1, 0.15) is 21.5 Å². The van der Waals surface area contributed by atoms with Crippen molar-refractivity contribution in [2.45, 2.75) is 23.6 Å². The average molecular weight is 638 g/mol. The maximum absolute atomic E-state index is 13.1. The Hall–Kier alpha value is -4.41. The minimum absolute atomic E-state index is 0.0721. The first-order valence-electron chi connectivity index (χ1n) is 13.5. The van der Waals surface area contributed by atoms with Gasteiger partial charge >= 0.3 is 0 Å². The molecule has 15 heteroatoms. The molecular weight excluding hydrogens is 606 g/mol. The van der Waals surface area contributed by atoms with E-state index in [4.69, 9.17) is 9.88 Å². The number of primary sulfonamides is 1. The minimum Gasteiger partial charge on any atom is -0.379 e. The standard InChI is InChI=1S/C29H31N7O6S2/c1-19-9-10-24(17-26(19)43(30,38)39)33-28(37)21-5-3-6-22(15-21)34-29-31-18-20(2)27(35-29)32-23-7-4-8-25(16-23)44(40,41)36-11-13-42-14-12-36/h3-10,15-18H,11-14H2,1-2H3,(H,33,37)(H2,30,38,39)(H2,31,32,34,35). The lowest BCUT2D eigenvalue weighted by molar-refractivity contribution is 0.0730. The fourth-order valence-electron chi connectivity index (χ4n) is 4.49. The zero-order valence-corrected chi connectivity index (χ0v) is 25.6. The van der Waals surface area contributed by atoms with Crippen LogP contribution in [0.25, 0.3) is 0 Å². The van der Waals surface area contributed by atoms with Gasteiger partial charge in [0.25, 0.3) is 5.91 Å². The zero-order chi connectivity index (χ0) is 31.5. The molecule has 0 unspecified atom stereocenters. The maximum Gasteiger partial charge on any atom is 0.255 e. The summed E-state index contributed by atoms with van der Waals surface area (Å²) in [5, 5.41) is 14.2. The van der Waals surface area contributed by atoms with E-state index < -0.39 is 26.0 Å². The van der Waals surface area contributed by atoms with Gasteiger partial charge in [-0.05, 0) is 67.9 Å². The third-order valence-electron chi connectivity index (χ3n) is 6.81. The Morgan fingerprint density at radius 3 is 2.30 bits per heavy atom. The summed E-state index contributed by atoms with van der Waals surface area (Å²) in [6.45, 7) is 4.74. The molecule has 1 aliphatic heterocycles. The Balaban J connectivity index is 1.31. The van der Waals surface area contributed by atoms with Crippen LogP contribution >= 0.6 is 0 Å². The van der Waals surface area contributed by atoms with Crippen LogP contribution < -0.4 is 21.1 Å². The molecule has 5 rings (SSSR count). The number of morpholine rings is 1. The number of ether oxygens (including phenoxy) is 1. The summed E-state index contributed by atoms with van der Waals surface area (Å²) in [5.74, 6) is 0.239. The van der Waals surface area contributed by atoms with E-state index in [1.807, 2.05) is 6.92 Å². The van der Waals surface area contributed by atoms with Gasteiger partial charge in [-0.2, -0.15) is 9.29 Å².